The highest BCUT2D eigenvalue weighted by Gasteiger charge is 2.40. The summed E-state index contributed by atoms with van der Waals surface area (Å²) in [5.74, 6) is 0. The Hall–Kier alpha value is -2.32. The molecule has 0 amide bonds. The third-order valence-electron chi connectivity index (χ3n) is 5.51. The van der Waals surface area contributed by atoms with Gasteiger partial charge in [-0.15, -0.1) is 0 Å². The van der Waals surface area contributed by atoms with Crippen LogP contribution in [0.4, 0.5) is 11.4 Å². The summed E-state index contributed by atoms with van der Waals surface area (Å²) in [7, 11) is -1.65. The quantitative estimate of drug-likeness (QED) is 0.553. The first-order valence-corrected chi connectivity index (χ1v) is 12.4. The minimum atomic E-state index is -1.65. The molecule has 0 N–H and O–H groups in total. The van der Waals surface area contributed by atoms with Crippen LogP contribution in [0.3, 0.4) is 0 Å². The highest BCUT2D eigenvalue weighted by Crippen LogP contribution is 2.41. The molecule has 0 saturated heterocycles. The maximum atomic E-state index is 2.50. The van der Waals surface area contributed by atoms with Gasteiger partial charge >= 0.3 is 0 Å². The Bertz CT molecular complexity index is 951. The van der Waals surface area contributed by atoms with Crippen LogP contribution in [-0.4, -0.2) is 13.6 Å². The molecule has 0 spiro atoms. The van der Waals surface area contributed by atoms with E-state index in [-0.39, 0.29) is 5.54 Å². The number of rotatable bonds is 2. The number of benzene rings is 3. The zero-order valence-electron chi connectivity index (χ0n) is 16.4. The van der Waals surface area contributed by atoms with Crippen molar-refractivity contribution < 1.29 is 0 Å². The Morgan fingerprint density at radius 1 is 0.692 bits per heavy atom. The first-order chi connectivity index (χ1) is 12.3. The van der Waals surface area contributed by atoms with Crippen LogP contribution < -0.4 is 15.3 Å². The summed E-state index contributed by atoms with van der Waals surface area (Å²) < 4.78 is 0. The molecule has 0 bridgehead atoms. The third kappa shape index (κ3) is 2.52. The predicted molar refractivity (Wildman–Crippen MR) is 117 cm³/mol. The van der Waals surface area contributed by atoms with Gasteiger partial charge in [-0.1, -0.05) is 67.7 Å². The van der Waals surface area contributed by atoms with Crippen molar-refractivity contribution in [2.45, 2.75) is 39.4 Å². The molecular weight excluding hydrogens is 330 g/mol. The van der Waals surface area contributed by atoms with Crippen molar-refractivity contribution in [3.05, 3.63) is 72.8 Å². The minimum absolute atomic E-state index is 0.0142. The van der Waals surface area contributed by atoms with Gasteiger partial charge in [0.25, 0.3) is 0 Å². The molecule has 0 fully saturated rings. The van der Waals surface area contributed by atoms with E-state index in [1.165, 1.54) is 22.5 Å². The standard InChI is InChI=1S/C24H27NSi/c1-24(2,3)25(18-12-7-6-8-13-18)20-15-11-17-22-23(20)19-14-9-10-16-21(19)26(22,4)5/h6-17H,1-5H3. The summed E-state index contributed by atoms with van der Waals surface area (Å²) in [5, 5.41) is 3.12. The van der Waals surface area contributed by atoms with Gasteiger partial charge < -0.3 is 4.90 Å². The topological polar surface area (TPSA) is 3.24 Å². The summed E-state index contributed by atoms with van der Waals surface area (Å²) in [6, 6.07) is 26.7. The van der Waals surface area contributed by atoms with E-state index in [4.69, 9.17) is 0 Å². The number of nitrogens with zero attached hydrogens (tertiary/aromatic N) is 1. The van der Waals surface area contributed by atoms with Gasteiger partial charge in [0, 0.05) is 22.5 Å². The van der Waals surface area contributed by atoms with Crippen LogP contribution in [0.2, 0.25) is 13.1 Å². The zero-order valence-corrected chi connectivity index (χ0v) is 17.4. The SMILES string of the molecule is CC(C)(C)N(c1ccccc1)c1cccc2c1-c1ccccc1[Si]2(C)C. The summed E-state index contributed by atoms with van der Waals surface area (Å²) in [4.78, 5) is 2.50. The first kappa shape index (κ1) is 17.1. The van der Waals surface area contributed by atoms with Crippen molar-refractivity contribution >= 4 is 29.8 Å². The fraction of sp³-hybridized carbons (Fsp3) is 0.250. The van der Waals surface area contributed by atoms with Crippen molar-refractivity contribution in [1.29, 1.82) is 0 Å². The van der Waals surface area contributed by atoms with Gasteiger partial charge in [-0.3, -0.25) is 0 Å². The molecule has 26 heavy (non-hydrogen) atoms. The van der Waals surface area contributed by atoms with Gasteiger partial charge in [-0.05, 0) is 54.9 Å². The van der Waals surface area contributed by atoms with Crippen LogP contribution in [0.25, 0.3) is 11.1 Å². The van der Waals surface area contributed by atoms with Gasteiger partial charge in [0.15, 0.2) is 0 Å². The predicted octanol–water partition coefficient (Wildman–Crippen LogP) is 5.43. The molecular formula is C24H27NSi. The summed E-state index contributed by atoms with van der Waals surface area (Å²) in [5.41, 5.74) is 5.43. The zero-order chi connectivity index (χ0) is 18.5. The molecule has 4 rings (SSSR count). The van der Waals surface area contributed by atoms with E-state index in [1.807, 2.05) is 0 Å². The second-order valence-electron chi connectivity index (χ2n) is 8.71. The van der Waals surface area contributed by atoms with Crippen LogP contribution in [-0.2, 0) is 0 Å². The smallest absolute Gasteiger partial charge is 0.113 e. The largest absolute Gasteiger partial charge is 0.336 e. The Balaban J connectivity index is 2.03. The molecule has 0 saturated carbocycles. The van der Waals surface area contributed by atoms with E-state index in [0.717, 1.165) is 0 Å². The van der Waals surface area contributed by atoms with Gasteiger partial charge in [0.05, 0.1) is 0 Å². The highest BCUT2D eigenvalue weighted by atomic mass is 28.3. The Morgan fingerprint density at radius 3 is 2.00 bits per heavy atom. The fourth-order valence-electron chi connectivity index (χ4n) is 4.39. The maximum Gasteiger partial charge on any atom is 0.113 e. The summed E-state index contributed by atoms with van der Waals surface area (Å²) in [6.45, 7) is 11.8. The van der Waals surface area contributed by atoms with Crippen molar-refractivity contribution in [3.8, 4) is 11.1 Å². The van der Waals surface area contributed by atoms with Crippen molar-refractivity contribution in [2.75, 3.05) is 4.90 Å². The van der Waals surface area contributed by atoms with Crippen molar-refractivity contribution in [3.63, 3.8) is 0 Å². The molecule has 1 aliphatic rings. The van der Waals surface area contributed by atoms with E-state index >= 15 is 0 Å². The van der Waals surface area contributed by atoms with Crippen molar-refractivity contribution in [2.24, 2.45) is 0 Å². The van der Waals surface area contributed by atoms with E-state index < -0.39 is 8.07 Å². The summed E-state index contributed by atoms with van der Waals surface area (Å²) >= 11 is 0. The van der Waals surface area contributed by atoms with Gasteiger partial charge in [-0.2, -0.15) is 0 Å². The maximum absolute atomic E-state index is 2.50. The van der Waals surface area contributed by atoms with Crippen LogP contribution in [0.15, 0.2) is 72.8 Å². The van der Waals surface area contributed by atoms with Crippen molar-refractivity contribution in [1.82, 2.24) is 0 Å². The molecule has 0 atom stereocenters. The molecule has 1 heterocycles. The first-order valence-electron chi connectivity index (χ1n) is 9.40. The average molecular weight is 358 g/mol. The lowest BCUT2D eigenvalue weighted by atomic mass is 9.97. The highest BCUT2D eigenvalue weighted by molar-refractivity contribution is 7.04. The lowest BCUT2D eigenvalue weighted by molar-refractivity contribution is 0.561. The monoisotopic (exact) mass is 357 g/mol. The summed E-state index contributed by atoms with van der Waals surface area (Å²) in [6.07, 6.45) is 0. The second-order valence-corrected chi connectivity index (χ2v) is 13.0. The molecule has 1 nitrogen and oxygen atoms in total. The minimum Gasteiger partial charge on any atom is -0.336 e. The molecule has 1 aliphatic heterocycles. The van der Waals surface area contributed by atoms with E-state index in [9.17, 15) is 0 Å². The fourth-order valence-corrected chi connectivity index (χ4v) is 7.47. The molecule has 0 unspecified atom stereocenters. The second kappa shape index (κ2) is 5.85. The van der Waals surface area contributed by atoms with Crippen LogP contribution >= 0.6 is 0 Å². The number of anilines is 2. The van der Waals surface area contributed by atoms with E-state index in [1.54, 1.807) is 10.4 Å². The molecule has 132 valence electrons. The van der Waals surface area contributed by atoms with E-state index in [2.05, 4.69) is 112 Å². The normalized spacial score (nSPS) is 14.7. The lowest BCUT2D eigenvalue weighted by Crippen LogP contribution is -2.49. The number of para-hydroxylation sites is 1. The third-order valence-corrected chi connectivity index (χ3v) is 9.06. The van der Waals surface area contributed by atoms with Crippen LogP contribution in [0.5, 0.6) is 0 Å². The lowest BCUT2D eigenvalue weighted by Gasteiger charge is -2.39. The van der Waals surface area contributed by atoms with E-state index in [0.29, 0.717) is 0 Å². The Morgan fingerprint density at radius 2 is 1.31 bits per heavy atom. The number of fused-ring (bicyclic) bond motifs is 3. The number of hydrogen-bond donors (Lipinski definition) is 0. The van der Waals surface area contributed by atoms with Gasteiger partial charge in [0.2, 0.25) is 0 Å². The Kier molecular flexibility index (Phi) is 3.85. The molecule has 0 radical (unpaired) electrons. The van der Waals surface area contributed by atoms with Crippen LogP contribution in [0.1, 0.15) is 20.8 Å². The molecule has 3 aromatic rings. The van der Waals surface area contributed by atoms with Crippen LogP contribution in [0, 0.1) is 0 Å². The molecule has 3 aromatic carbocycles. The molecule has 0 aromatic heterocycles. The Labute approximate surface area is 158 Å². The average Bonchev–Trinajstić information content (AvgIpc) is 2.84. The number of hydrogen-bond acceptors (Lipinski definition) is 1. The molecule has 0 aliphatic carbocycles. The van der Waals surface area contributed by atoms with Gasteiger partial charge in [-0.25, -0.2) is 0 Å². The van der Waals surface area contributed by atoms with Gasteiger partial charge in [0.1, 0.15) is 8.07 Å². The molecule has 2 heteroatoms.